The Balaban J connectivity index is 2.17. The Hall–Kier alpha value is 0.01000. The van der Waals surface area contributed by atoms with Crippen LogP contribution in [0.25, 0.3) is 0 Å². The lowest BCUT2D eigenvalue weighted by molar-refractivity contribution is -0.0120. The van der Waals surface area contributed by atoms with Crippen LogP contribution in [-0.4, -0.2) is 40.9 Å². The van der Waals surface area contributed by atoms with Crippen LogP contribution in [0.1, 0.15) is 6.42 Å². The van der Waals surface area contributed by atoms with Gasteiger partial charge in [-0.25, -0.2) is 13.1 Å². The first kappa shape index (κ1) is 16.4. The molecule has 1 aromatic carbocycles. The van der Waals surface area contributed by atoms with E-state index in [-0.39, 0.29) is 11.4 Å². The highest BCUT2D eigenvalue weighted by Crippen LogP contribution is 2.27. The van der Waals surface area contributed by atoms with Crippen LogP contribution in [0.2, 0.25) is 0 Å². The Kier molecular flexibility index (Phi) is 5.25. The van der Waals surface area contributed by atoms with Crippen molar-refractivity contribution in [2.45, 2.75) is 16.9 Å². The maximum Gasteiger partial charge on any atom is 0.241 e. The molecule has 1 aliphatic heterocycles. The van der Waals surface area contributed by atoms with Crippen LogP contribution >= 0.6 is 31.9 Å². The molecule has 1 fully saturated rings. The molecule has 8 heteroatoms. The SMILES string of the molecule is COC1(CNS(=O)(=O)c2cc(Br)ccc2Br)CCOC1. The summed E-state index contributed by atoms with van der Waals surface area (Å²) in [5, 5.41) is 0. The first-order chi connectivity index (χ1) is 9.38. The first-order valence-corrected chi connectivity index (χ1v) is 9.03. The van der Waals surface area contributed by atoms with Gasteiger partial charge in [0.1, 0.15) is 5.60 Å². The van der Waals surface area contributed by atoms with Crippen LogP contribution < -0.4 is 4.72 Å². The molecule has 1 aromatic rings. The number of benzene rings is 1. The molecule has 0 bridgehead atoms. The number of nitrogens with one attached hydrogen (secondary N) is 1. The summed E-state index contributed by atoms with van der Waals surface area (Å²) in [5.41, 5.74) is -0.578. The summed E-state index contributed by atoms with van der Waals surface area (Å²) in [6, 6.07) is 5.00. The molecule has 1 saturated heterocycles. The van der Waals surface area contributed by atoms with Gasteiger partial charge in [0.05, 0.1) is 11.5 Å². The third-order valence-corrected chi connectivity index (χ3v) is 6.16. The third-order valence-electron chi connectivity index (χ3n) is 3.27. The van der Waals surface area contributed by atoms with Gasteiger partial charge in [-0.2, -0.15) is 0 Å². The topological polar surface area (TPSA) is 64.6 Å². The molecule has 2 rings (SSSR count). The Bertz CT molecular complexity index is 585. The molecule has 0 amide bonds. The predicted octanol–water partition coefficient (Wildman–Crippen LogP) is 2.30. The van der Waals surface area contributed by atoms with E-state index in [4.69, 9.17) is 9.47 Å². The summed E-state index contributed by atoms with van der Waals surface area (Å²) in [4.78, 5) is 0.192. The van der Waals surface area contributed by atoms with Crippen molar-refractivity contribution < 1.29 is 17.9 Å². The minimum absolute atomic E-state index is 0.185. The van der Waals surface area contributed by atoms with Crippen molar-refractivity contribution in [2.24, 2.45) is 0 Å². The summed E-state index contributed by atoms with van der Waals surface area (Å²) < 4.78 is 39.2. The maximum atomic E-state index is 12.4. The molecule has 0 saturated carbocycles. The lowest BCUT2D eigenvalue weighted by atomic mass is 10.0. The molecule has 1 atom stereocenters. The molecule has 112 valence electrons. The predicted molar refractivity (Wildman–Crippen MR) is 82.2 cm³/mol. The monoisotopic (exact) mass is 427 g/mol. The van der Waals surface area contributed by atoms with E-state index in [0.717, 1.165) is 0 Å². The zero-order valence-corrected chi connectivity index (χ0v) is 14.8. The van der Waals surface area contributed by atoms with Gasteiger partial charge in [0.25, 0.3) is 0 Å². The third kappa shape index (κ3) is 3.61. The molecule has 0 aliphatic carbocycles. The van der Waals surface area contributed by atoms with Crippen molar-refractivity contribution in [3.8, 4) is 0 Å². The quantitative estimate of drug-likeness (QED) is 0.781. The molecular weight excluding hydrogens is 414 g/mol. The first-order valence-electron chi connectivity index (χ1n) is 5.96. The van der Waals surface area contributed by atoms with Gasteiger partial charge in [-0.3, -0.25) is 0 Å². The fourth-order valence-corrected chi connectivity index (χ4v) is 4.56. The lowest BCUT2D eigenvalue weighted by Gasteiger charge is -2.25. The molecule has 0 radical (unpaired) electrons. The van der Waals surface area contributed by atoms with Crippen molar-refractivity contribution in [1.29, 1.82) is 0 Å². The normalized spacial score (nSPS) is 23.1. The summed E-state index contributed by atoms with van der Waals surface area (Å²) in [6.45, 7) is 1.16. The highest BCUT2D eigenvalue weighted by atomic mass is 79.9. The largest absolute Gasteiger partial charge is 0.378 e. The molecule has 5 nitrogen and oxygen atoms in total. The molecule has 1 N–H and O–H groups in total. The molecule has 0 aromatic heterocycles. The van der Waals surface area contributed by atoms with E-state index in [1.807, 2.05) is 0 Å². The summed E-state index contributed by atoms with van der Waals surface area (Å²) in [7, 11) is -2.04. The molecular formula is C12H15Br2NO4S. The van der Waals surface area contributed by atoms with E-state index in [1.165, 1.54) is 0 Å². The average Bonchev–Trinajstić information content (AvgIpc) is 2.89. The van der Waals surface area contributed by atoms with Gasteiger partial charge < -0.3 is 9.47 Å². The summed E-state index contributed by atoms with van der Waals surface area (Å²) >= 11 is 6.53. The highest BCUT2D eigenvalue weighted by molar-refractivity contribution is 9.11. The van der Waals surface area contributed by atoms with Gasteiger partial charge in [-0.15, -0.1) is 0 Å². The maximum absolute atomic E-state index is 12.4. The van der Waals surface area contributed by atoms with Gasteiger partial charge in [0, 0.05) is 35.6 Å². The van der Waals surface area contributed by atoms with Gasteiger partial charge in [-0.05, 0) is 34.1 Å². The Morgan fingerprint density at radius 3 is 2.80 bits per heavy atom. The number of halogens is 2. The van der Waals surface area contributed by atoms with Crippen LogP contribution in [0, 0.1) is 0 Å². The van der Waals surface area contributed by atoms with Crippen LogP contribution in [0.15, 0.2) is 32.0 Å². The molecule has 0 spiro atoms. The number of methoxy groups -OCH3 is 1. The zero-order chi connectivity index (χ0) is 14.8. The van der Waals surface area contributed by atoms with Crippen LogP contribution in [-0.2, 0) is 19.5 Å². The fourth-order valence-electron chi connectivity index (χ4n) is 1.95. The highest BCUT2D eigenvalue weighted by Gasteiger charge is 2.36. The molecule has 1 unspecified atom stereocenters. The second-order valence-corrected chi connectivity index (χ2v) is 8.09. The minimum Gasteiger partial charge on any atom is -0.378 e. The van der Waals surface area contributed by atoms with Crippen LogP contribution in [0.3, 0.4) is 0 Å². The number of hydrogen-bond donors (Lipinski definition) is 1. The lowest BCUT2D eigenvalue weighted by Crippen LogP contribution is -2.45. The smallest absolute Gasteiger partial charge is 0.241 e. The van der Waals surface area contributed by atoms with E-state index in [1.54, 1.807) is 25.3 Å². The number of rotatable bonds is 5. The number of hydrogen-bond acceptors (Lipinski definition) is 4. The van der Waals surface area contributed by atoms with Crippen molar-refractivity contribution in [2.75, 3.05) is 26.9 Å². The van der Waals surface area contributed by atoms with Gasteiger partial charge in [0.2, 0.25) is 10.0 Å². The van der Waals surface area contributed by atoms with E-state index in [9.17, 15) is 8.42 Å². The molecule has 20 heavy (non-hydrogen) atoms. The Morgan fingerprint density at radius 2 is 2.20 bits per heavy atom. The van der Waals surface area contributed by atoms with Gasteiger partial charge in [0.15, 0.2) is 0 Å². The standard InChI is InChI=1S/C12H15Br2NO4S/c1-18-12(4-5-19-8-12)7-15-20(16,17)11-6-9(13)2-3-10(11)14/h2-3,6,15H,4-5,7-8H2,1H3. The molecule has 1 heterocycles. The van der Waals surface area contributed by atoms with Gasteiger partial charge in [-0.1, -0.05) is 15.9 Å². The van der Waals surface area contributed by atoms with E-state index in [2.05, 4.69) is 36.6 Å². The van der Waals surface area contributed by atoms with Crippen LogP contribution in [0.4, 0.5) is 0 Å². The summed E-state index contributed by atoms with van der Waals surface area (Å²) in [6.07, 6.45) is 0.672. The van der Waals surface area contributed by atoms with Crippen molar-refractivity contribution >= 4 is 41.9 Å². The number of ether oxygens (including phenoxy) is 2. The van der Waals surface area contributed by atoms with Crippen molar-refractivity contribution in [1.82, 2.24) is 4.72 Å². The van der Waals surface area contributed by atoms with Gasteiger partial charge >= 0.3 is 0 Å². The van der Waals surface area contributed by atoms with E-state index < -0.39 is 15.6 Å². The second-order valence-electron chi connectivity index (χ2n) is 4.59. The van der Waals surface area contributed by atoms with Crippen molar-refractivity contribution in [3.63, 3.8) is 0 Å². The fraction of sp³-hybridized carbons (Fsp3) is 0.500. The second kappa shape index (κ2) is 6.41. The van der Waals surface area contributed by atoms with E-state index in [0.29, 0.717) is 28.6 Å². The Labute approximate surface area is 135 Å². The number of sulfonamides is 1. The average molecular weight is 429 g/mol. The molecule has 1 aliphatic rings. The van der Waals surface area contributed by atoms with Crippen molar-refractivity contribution in [3.05, 3.63) is 27.1 Å². The Morgan fingerprint density at radius 1 is 1.45 bits per heavy atom. The minimum atomic E-state index is -3.61. The van der Waals surface area contributed by atoms with Crippen LogP contribution in [0.5, 0.6) is 0 Å². The summed E-state index contributed by atoms with van der Waals surface area (Å²) in [5.74, 6) is 0. The van der Waals surface area contributed by atoms with E-state index >= 15 is 0 Å². The zero-order valence-electron chi connectivity index (χ0n) is 10.9.